The zero-order valence-corrected chi connectivity index (χ0v) is 12.6. The second-order valence-electron chi connectivity index (χ2n) is 4.93. The van der Waals surface area contributed by atoms with E-state index >= 15 is 0 Å². The van der Waals surface area contributed by atoms with Crippen LogP contribution in [0.4, 0.5) is 0 Å². The summed E-state index contributed by atoms with van der Waals surface area (Å²) in [5, 5.41) is 27.2. The molecule has 0 aromatic heterocycles. The van der Waals surface area contributed by atoms with Gasteiger partial charge in [0.15, 0.2) is 8.32 Å². The number of hydrogen-bond acceptors (Lipinski definition) is 6. The lowest BCUT2D eigenvalue weighted by Gasteiger charge is -2.21. The van der Waals surface area contributed by atoms with Crippen LogP contribution in [0.3, 0.4) is 0 Å². The maximum Gasteiger partial charge on any atom is 0.186 e. The van der Waals surface area contributed by atoms with Crippen molar-refractivity contribution in [3.63, 3.8) is 0 Å². The van der Waals surface area contributed by atoms with Crippen molar-refractivity contribution in [1.29, 1.82) is 0 Å². The molecule has 18 heavy (non-hydrogen) atoms. The van der Waals surface area contributed by atoms with E-state index < -0.39 is 14.4 Å². The van der Waals surface area contributed by atoms with Gasteiger partial charge < -0.3 is 24.5 Å². The first-order chi connectivity index (χ1) is 8.45. The van der Waals surface area contributed by atoms with Crippen molar-refractivity contribution in [2.75, 3.05) is 40.3 Å². The molecule has 0 spiro atoms. The smallest absolute Gasteiger partial charge is 0.186 e. The van der Waals surface area contributed by atoms with Gasteiger partial charge in [0.05, 0.1) is 26.2 Å². The highest BCUT2D eigenvalue weighted by Crippen LogP contribution is 2.12. The summed E-state index contributed by atoms with van der Waals surface area (Å²) in [6.07, 6.45) is 0.223. The van der Waals surface area contributed by atoms with Gasteiger partial charge in [-0.05, 0) is 25.6 Å². The molecule has 0 saturated carbocycles. The SMILES string of the molecule is CO[Si](C)(C)CCCOCC(O)CN(CO)CO. The predicted octanol–water partition coefficient (Wildman–Crippen LogP) is -0.193. The van der Waals surface area contributed by atoms with Crippen molar-refractivity contribution in [1.82, 2.24) is 4.90 Å². The normalized spacial score (nSPS) is 14.2. The molecule has 1 atom stereocenters. The van der Waals surface area contributed by atoms with Gasteiger partial charge in [-0.2, -0.15) is 0 Å². The molecule has 7 heteroatoms. The average molecular weight is 281 g/mol. The summed E-state index contributed by atoms with van der Waals surface area (Å²) in [6, 6.07) is 1.03. The van der Waals surface area contributed by atoms with Gasteiger partial charge in [0.25, 0.3) is 0 Å². The van der Waals surface area contributed by atoms with Crippen molar-refractivity contribution < 1.29 is 24.5 Å². The topological polar surface area (TPSA) is 82.4 Å². The molecule has 0 aliphatic rings. The maximum atomic E-state index is 9.58. The van der Waals surface area contributed by atoms with Crippen molar-refractivity contribution >= 4 is 8.32 Å². The Morgan fingerprint density at radius 3 is 2.33 bits per heavy atom. The second kappa shape index (κ2) is 9.85. The Kier molecular flexibility index (Phi) is 9.84. The van der Waals surface area contributed by atoms with Crippen LogP contribution in [0.1, 0.15) is 6.42 Å². The van der Waals surface area contributed by atoms with Gasteiger partial charge in [-0.1, -0.05) is 0 Å². The van der Waals surface area contributed by atoms with E-state index in [1.807, 2.05) is 0 Å². The van der Waals surface area contributed by atoms with Crippen LogP contribution in [-0.2, 0) is 9.16 Å². The lowest BCUT2D eigenvalue weighted by Crippen LogP contribution is -2.36. The van der Waals surface area contributed by atoms with E-state index in [2.05, 4.69) is 13.1 Å². The number of rotatable bonds is 11. The summed E-state index contributed by atoms with van der Waals surface area (Å²) in [4.78, 5) is 1.31. The van der Waals surface area contributed by atoms with Crippen LogP contribution >= 0.6 is 0 Å². The molecule has 0 rings (SSSR count). The van der Waals surface area contributed by atoms with Crippen molar-refractivity contribution in [3.8, 4) is 0 Å². The van der Waals surface area contributed by atoms with Gasteiger partial charge in [-0.15, -0.1) is 0 Å². The number of hydrogen-bond donors (Lipinski definition) is 3. The lowest BCUT2D eigenvalue weighted by molar-refractivity contribution is -0.0300. The molecule has 0 radical (unpaired) electrons. The van der Waals surface area contributed by atoms with Crippen LogP contribution in [0.15, 0.2) is 0 Å². The number of aliphatic hydroxyl groups is 3. The van der Waals surface area contributed by atoms with Gasteiger partial charge in [0, 0.05) is 20.3 Å². The Hall–Kier alpha value is -0.0231. The van der Waals surface area contributed by atoms with Crippen molar-refractivity contribution in [2.45, 2.75) is 31.7 Å². The molecule has 0 heterocycles. The zero-order valence-electron chi connectivity index (χ0n) is 11.6. The summed E-state index contributed by atoms with van der Waals surface area (Å²) >= 11 is 0. The molecule has 0 fully saturated rings. The third-order valence-corrected chi connectivity index (χ3v) is 5.46. The molecule has 110 valence electrons. The number of nitrogens with zero attached hydrogens (tertiary/aromatic N) is 1. The molecule has 3 N–H and O–H groups in total. The van der Waals surface area contributed by atoms with Gasteiger partial charge >= 0.3 is 0 Å². The van der Waals surface area contributed by atoms with E-state index in [9.17, 15) is 5.11 Å². The Morgan fingerprint density at radius 2 is 1.83 bits per heavy atom. The molecule has 0 aromatic rings. The minimum Gasteiger partial charge on any atom is -0.420 e. The summed E-state index contributed by atoms with van der Waals surface area (Å²) in [7, 11) is 0.236. The fourth-order valence-corrected chi connectivity index (χ4v) is 2.63. The van der Waals surface area contributed by atoms with E-state index in [-0.39, 0.29) is 26.6 Å². The monoisotopic (exact) mass is 281 g/mol. The first-order valence-electron chi connectivity index (χ1n) is 6.20. The molecule has 0 aliphatic carbocycles. The molecule has 0 aromatic carbocycles. The molecule has 0 aliphatic heterocycles. The molecule has 1 unspecified atom stereocenters. The van der Waals surface area contributed by atoms with E-state index in [1.165, 1.54) is 4.90 Å². The first-order valence-corrected chi connectivity index (χ1v) is 9.31. The third kappa shape index (κ3) is 8.98. The van der Waals surface area contributed by atoms with Crippen LogP contribution in [0.2, 0.25) is 19.1 Å². The summed E-state index contributed by atoms with van der Waals surface area (Å²) in [5.74, 6) is 0. The van der Waals surface area contributed by atoms with Crippen LogP contribution in [0, 0.1) is 0 Å². The lowest BCUT2D eigenvalue weighted by atomic mass is 10.3. The first kappa shape index (κ1) is 18.0. The highest BCUT2D eigenvalue weighted by Gasteiger charge is 2.19. The van der Waals surface area contributed by atoms with E-state index in [0.29, 0.717) is 6.61 Å². The maximum absolute atomic E-state index is 9.58. The van der Waals surface area contributed by atoms with Crippen LogP contribution in [-0.4, -0.2) is 75.0 Å². The predicted molar refractivity (Wildman–Crippen MR) is 71.6 cm³/mol. The summed E-state index contributed by atoms with van der Waals surface area (Å²) in [5.41, 5.74) is 0. The van der Waals surface area contributed by atoms with E-state index in [4.69, 9.17) is 19.4 Å². The molecule has 0 amide bonds. The van der Waals surface area contributed by atoms with Crippen LogP contribution < -0.4 is 0 Å². The van der Waals surface area contributed by atoms with E-state index in [0.717, 1.165) is 12.5 Å². The highest BCUT2D eigenvalue weighted by molar-refractivity contribution is 6.71. The fourth-order valence-electron chi connectivity index (χ4n) is 1.43. The van der Waals surface area contributed by atoms with E-state index in [1.54, 1.807) is 7.11 Å². The Bertz CT molecular complexity index is 202. The van der Waals surface area contributed by atoms with Gasteiger partial charge in [-0.3, -0.25) is 4.90 Å². The summed E-state index contributed by atoms with van der Waals surface area (Å²) < 4.78 is 10.8. The number of ether oxygens (including phenoxy) is 1. The Morgan fingerprint density at radius 1 is 1.22 bits per heavy atom. The van der Waals surface area contributed by atoms with Crippen molar-refractivity contribution in [3.05, 3.63) is 0 Å². The van der Waals surface area contributed by atoms with Gasteiger partial charge in [0.1, 0.15) is 0 Å². The molecular weight excluding hydrogens is 254 g/mol. The van der Waals surface area contributed by atoms with Crippen LogP contribution in [0.5, 0.6) is 0 Å². The average Bonchev–Trinajstić information content (AvgIpc) is 2.35. The van der Waals surface area contributed by atoms with Gasteiger partial charge in [0.2, 0.25) is 0 Å². The molecular formula is C11H27NO5Si. The fraction of sp³-hybridized carbons (Fsp3) is 1.00. The van der Waals surface area contributed by atoms with Gasteiger partial charge in [-0.25, -0.2) is 0 Å². The standard InChI is InChI=1S/C11H27NO5Si/c1-16-18(2,3)6-4-5-17-8-11(15)7-12(9-13)10-14/h11,13-15H,4-10H2,1-3H3. The minimum absolute atomic E-state index is 0.200. The second-order valence-corrected chi connectivity index (χ2v) is 9.36. The largest absolute Gasteiger partial charge is 0.420 e. The van der Waals surface area contributed by atoms with Crippen molar-refractivity contribution in [2.24, 2.45) is 0 Å². The molecule has 0 saturated heterocycles. The molecule has 6 nitrogen and oxygen atoms in total. The zero-order chi connectivity index (χ0) is 14.0. The Balaban J connectivity index is 3.54. The van der Waals surface area contributed by atoms with Crippen LogP contribution in [0.25, 0.3) is 0 Å². The third-order valence-electron chi connectivity index (χ3n) is 2.80. The Labute approximate surface area is 110 Å². The molecule has 0 bridgehead atoms. The highest BCUT2D eigenvalue weighted by atomic mass is 28.4. The minimum atomic E-state index is -1.51. The number of aliphatic hydroxyl groups excluding tert-OH is 3. The quantitative estimate of drug-likeness (QED) is 0.277. The summed E-state index contributed by atoms with van der Waals surface area (Å²) in [6.45, 7) is 4.76.